The van der Waals surface area contributed by atoms with Gasteiger partial charge >= 0.3 is 0 Å². The SMILES string of the molecule is CC(=O)N1CCN(c2cccc(OCc3ccccc3)n2)CC1. The number of hydrogen-bond donors (Lipinski definition) is 0. The molecule has 0 saturated carbocycles. The van der Waals surface area contributed by atoms with E-state index in [-0.39, 0.29) is 5.91 Å². The molecule has 5 heteroatoms. The second kappa shape index (κ2) is 7.13. The summed E-state index contributed by atoms with van der Waals surface area (Å²) in [6.07, 6.45) is 0. The fraction of sp³-hybridized carbons (Fsp3) is 0.333. The summed E-state index contributed by atoms with van der Waals surface area (Å²) in [6, 6.07) is 15.9. The van der Waals surface area contributed by atoms with Crippen LogP contribution in [0.15, 0.2) is 48.5 Å². The number of ether oxygens (including phenoxy) is 1. The van der Waals surface area contributed by atoms with E-state index in [1.165, 1.54) is 0 Å². The molecule has 0 unspecified atom stereocenters. The van der Waals surface area contributed by atoms with E-state index in [0.29, 0.717) is 12.5 Å². The Kier molecular flexibility index (Phi) is 4.76. The van der Waals surface area contributed by atoms with Gasteiger partial charge in [-0.1, -0.05) is 36.4 Å². The Bertz CT molecular complexity index is 652. The van der Waals surface area contributed by atoms with Crippen LogP contribution < -0.4 is 9.64 Å². The number of anilines is 1. The summed E-state index contributed by atoms with van der Waals surface area (Å²) in [6.45, 7) is 5.21. The molecule has 1 aromatic heterocycles. The lowest BCUT2D eigenvalue weighted by Crippen LogP contribution is -2.48. The predicted molar refractivity (Wildman–Crippen MR) is 89.5 cm³/mol. The number of carbonyl (C=O) groups is 1. The molecule has 0 bridgehead atoms. The lowest BCUT2D eigenvalue weighted by Gasteiger charge is -2.34. The van der Waals surface area contributed by atoms with Crippen LogP contribution in [0.2, 0.25) is 0 Å². The van der Waals surface area contributed by atoms with Crippen molar-refractivity contribution in [1.82, 2.24) is 9.88 Å². The van der Waals surface area contributed by atoms with Crippen molar-refractivity contribution >= 4 is 11.7 Å². The quantitative estimate of drug-likeness (QED) is 0.869. The third-order valence-electron chi connectivity index (χ3n) is 3.99. The minimum Gasteiger partial charge on any atom is -0.473 e. The van der Waals surface area contributed by atoms with Crippen molar-refractivity contribution in [3.8, 4) is 5.88 Å². The van der Waals surface area contributed by atoms with Crippen LogP contribution in [-0.4, -0.2) is 42.0 Å². The number of pyridine rings is 1. The van der Waals surface area contributed by atoms with Gasteiger partial charge in [-0.15, -0.1) is 0 Å². The maximum absolute atomic E-state index is 11.4. The van der Waals surface area contributed by atoms with Crippen molar-refractivity contribution in [2.24, 2.45) is 0 Å². The number of hydrogen-bond acceptors (Lipinski definition) is 4. The van der Waals surface area contributed by atoms with E-state index in [2.05, 4.69) is 9.88 Å². The second-order valence-electron chi connectivity index (χ2n) is 5.60. The summed E-state index contributed by atoms with van der Waals surface area (Å²) in [7, 11) is 0. The van der Waals surface area contributed by atoms with Crippen LogP contribution in [0, 0.1) is 0 Å². The largest absolute Gasteiger partial charge is 0.473 e. The number of piperazine rings is 1. The highest BCUT2D eigenvalue weighted by Gasteiger charge is 2.19. The molecule has 1 fully saturated rings. The number of aromatic nitrogens is 1. The van der Waals surface area contributed by atoms with Gasteiger partial charge in [0, 0.05) is 39.2 Å². The third kappa shape index (κ3) is 4.00. The van der Waals surface area contributed by atoms with Gasteiger partial charge in [-0.25, -0.2) is 0 Å². The van der Waals surface area contributed by atoms with E-state index in [0.717, 1.165) is 37.6 Å². The lowest BCUT2D eigenvalue weighted by molar-refractivity contribution is -0.129. The van der Waals surface area contributed by atoms with Crippen LogP contribution in [-0.2, 0) is 11.4 Å². The van der Waals surface area contributed by atoms with Gasteiger partial charge in [0.25, 0.3) is 0 Å². The Morgan fingerprint density at radius 2 is 1.78 bits per heavy atom. The monoisotopic (exact) mass is 311 g/mol. The highest BCUT2D eigenvalue weighted by molar-refractivity contribution is 5.73. The Balaban J connectivity index is 1.60. The summed E-state index contributed by atoms with van der Waals surface area (Å²) in [5.74, 6) is 1.66. The molecule has 0 N–H and O–H groups in total. The molecule has 1 saturated heterocycles. The van der Waals surface area contributed by atoms with Gasteiger partial charge < -0.3 is 14.5 Å². The fourth-order valence-corrected chi connectivity index (χ4v) is 2.64. The zero-order valence-electron chi connectivity index (χ0n) is 13.3. The summed E-state index contributed by atoms with van der Waals surface area (Å²) < 4.78 is 5.78. The zero-order chi connectivity index (χ0) is 16.1. The second-order valence-corrected chi connectivity index (χ2v) is 5.60. The highest BCUT2D eigenvalue weighted by Crippen LogP contribution is 2.18. The van der Waals surface area contributed by atoms with Crippen LogP contribution in [0.4, 0.5) is 5.82 Å². The molecule has 0 atom stereocenters. The normalized spacial score (nSPS) is 14.7. The molecular formula is C18H21N3O2. The molecule has 23 heavy (non-hydrogen) atoms. The average molecular weight is 311 g/mol. The Hall–Kier alpha value is -2.56. The summed E-state index contributed by atoms with van der Waals surface area (Å²) in [4.78, 5) is 20.0. The maximum Gasteiger partial charge on any atom is 0.219 e. The van der Waals surface area contributed by atoms with E-state index < -0.39 is 0 Å². The summed E-state index contributed by atoms with van der Waals surface area (Å²) in [5.41, 5.74) is 1.12. The smallest absolute Gasteiger partial charge is 0.219 e. The van der Waals surface area contributed by atoms with Gasteiger partial charge in [-0.2, -0.15) is 4.98 Å². The first-order chi connectivity index (χ1) is 11.2. The number of carbonyl (C=O) groups excluding carboxylic acids is 1. The van der Waals surface area contributed by atoms with Crippen molar-refractivity contribution in [1.29, 1.82) is 0 Å². The first kappa shape index (κ1) is 15.3. The number of amides is 1. The highest BCUT2D eigenvalue weighted by atomic mass is 16.5. The Labute approximate surface area is 136 Å². The van der Waals surface area contributed by atoms with Crippen LogP contribution in [0.3, 0.4) is 0 Å². The van der Waals surface area contributed by atoms with Gasteiger partial charge in [0.2, 0.25) is 11.8 Å². The van der Waals surface area contributed by atoms with Gasteiger partial charge in [0.15, 0.2) is 0 Å². The molecule has 120 valence electrons. The minimum atomic E-state index is 0.137. The molecule has 1 aliphatic rings. The standard InChI is InChI=1S/C18H21N3O2/c1-15(22)20-10-12-21(13-11-20)17-8-5-9-18(19-17)23-14-16-6-3-2-4-7-16/h2-9H,10-14H2,1H3. The van der Waals surface area contributed by atoms with Gasteiger partial charge in [-0.3, -0.25) is 4.79 Å². The van der Waals surface area contributed by atoms with Crippen LogP contribution in [0.5, 0.6) is 5.88 Å². The van der Waals surface area contributed by atoms with Crippen molar-refractivity contribution < 1.29 is 9.53 Å². The van der Waals surface area contributed by atoms with Gasteiger partial charge in [0.1, 0.15) is 12.4 Å². The summed E-state index contributed by atoms with van der Waals surface area (Å²) in [5, 5.41) is 0. The fourth-order valence-electron chi connectivity index (χ4n) is 2.64. The van der Waals surface area contributed by atoms with E-state index in [4.69, 9.17) is 4.74 Å². The molecule has 1 aromatic carbocycles. The predicted octanol–water partition coefficient (Wildman–Crippen LogP) is 2.33. The van der Waals surface area contributed by atoms with E-state index in [1.807, 2.05) is 53.4 Å². The first-order valence-electron chi connectivity index (χ1n) is 7.86. The third-order valence-corrected chi connectivity index (χ3v) is 3.99. The van der Waals surface area contributed by atoms with E-state index in [9.17, 15) is 4.79 Å². The molecular weight excluding hydrogens is 290 g/mol. The molecule has 3 rings (SSSR count). The average Bonchev–Trinajstić information content (AvgIpc) is 2.61. The number of rotatable bonds is 4. The molecule has 0 spiro atoms. The lowest BCUT2D eigenvalue weighted by atomic mass is 10.2. The Morgan fingerprint density at radius 3 is 2.48 bits per heavy atom. The molecule has 1 amide bonds. The molecule has 5 nitrogen and oxygen atoms in total. The van der Waals surface area contributed by atoms with Crippen molar-refractivity contribution in [2.75, 3.05) is 31.1 Å². The maximum atomic E-state index is 11.4. The van der Waals surface area contributed by atoms with Gasteiger partial charge in [0.05, 0.1) is 0 Å². The Morgan fingerprint density at radius 1 is 1.04 bits per heavy atom. The van der Waals surface area contributed by atoms with Crippen molar-refractivity contribution in [3.63, 3.8) is 0 Å². The minimum absolute atomic E-state index is 0.137. The molecule has 0 radical (unpaired) electrons. The van der Waals surface area contributed by atoms with E-state index >= 15 is 0 Å². The topological polar surface area (TPSA) is 45.7 Å². The first-order valence-corrected chi connectivity index (χ1v) is 7.86. The molecule has 0 aliphatic carbocycles. The molecule has 1 aliphatic heterocycles. The van der Waals surface area contributed by atoms with Gasteiger partial charge in [-0.05, 0) is 11.6 Å². The van der Waals surface area contributed by atoms with Crippen molar-refractivity contribution in [3.05, 3.63) is 54.1 Å². The van der Waals surface area contributed by atoms with Crippen LogP contribution in [0.25, 0.3) is 0 Å². The number of benzene rings is 1. The van der Waals surface area contributed by atoms with Crippen molar-refractivity contribution in [2.45, 2.75) is 13.5 Å². The zero-order valence-corrected chi connectivity index (χ0v) is 13.3. The summed E-state index contributed by atoms with van der Waals surface area (Å²) >= 11 is 0. The number of nitrogens with zero attached hydrogens (tertiary/aromatic N) is 3. The van der Waals surface area contributed by atoms with E-state index in [1.54, 1.807) is 6.92 Å². The van der Waals surface area contributed by atoms with Crippen LogP contribution in [0.1, 0.15) is 12.5 Å². The molecule has 2 heterocycles. The molecule has 2 aromatic rings. The van der Waals surface area contributed by atoms with Crippen LogP contribution >= 0.6 is 0 Å².